The number of aromatic nitrogens is 1. The van der Waals surface area contributed by atoms with E-state index in [2.05, 4.69) is 20.9 Å². The third-order valence-electron chi connectivity index (χ3n) is 3.08. The molecule has 0 spiro atoms. The Morgan fingerprint density at radius 3 is 2.64 bits per heavy atom. The maximum absolute atomic E-state index is 13.4. The number of nitrogens with zero attached hydrogens (tertiary/aromatic N) is 1. The highest BCUT2D eigenvalue weighted by atomic mass is 79.9. The normalized spacial score (nSPS) is 28.9. The second kappa shape index (κ2) is 3.00. The van der Waals surface area contributed by atoms with E-state index in [1.807, 2.05) is 13.8 Å². The molecule has 1 heterocycles. The zero-order chi connectivity index (χ0) is 10.5. The first kappa shape index (κ1) is 10.1. The third kappa shape index (κ3) is 1.37. The van der Waals surface area contributed by atoms with Crippen LogP contribution in [0.25, 0.3) is 0 Å². The van der Waals surface area contributed by atoms with Crippen molar-refractivity contribution >= 4 is 15.9 Å². The van der Waals surface area contributed by atoms with Crippen LogP contribution in [-0.4, -0.2) is 11.0 Å². The van der Waals surface area contributed by atoms with Crippen molar-refractivity contribution in [3.8, 4) is 0 Å². The lowest BCUT2D eigenvalue weighted by atomic mass is 10.0. The standard InChI is InChI=1S/C10H12BrFN2/c1-10(2)7(8(10)13)6-3-5(11)4-14-9(6)12/h3-4,7-8H,13H2,1-2H3. The van der Waals surface area contributed by atoms with Crippen LogP contribution in [0.5, 0.6) is 0 Å². The highest BCUT2D eigenvalue weighted by molar-refractivity contribution is 9.10. The molecule has 2 rings (SSSR count). The average molecular weight is 259 g/mol. The van der Waals surface area contributed by atoms with Crippen LogP contribution >= 0.6 is 15.9 Å². The van der Waals surface area contributed by atoms with Gasteiger partial charge in [0, 0.05) is 28.2 Å². The molecule has 1 aliphatic rings. The molecule has 2 nitrogen and oxygen atoms in total. The Kier molecular flexibility index (Phi) is 2.16. The van der Waals surface area contributed by atoms with Gasteiger partial charge in [-0.1, -0.05) is 13.8 Å². The summed E-state index contributed by atoms with van der Waals surface area (Å²) in [5, 5.41) is 0. The molecule has 2 atom stereocenters. The van der Waals surface area contributed by atoms with Gasteiger partial charge < -0.3 is 5.73 Å². The van der Waals surface area contributed by atoms with E-state index in [1.165, 1.54) is 6.20 Å². The summed E-state index contributed by atoms with van der Waals surface area (Å²) >= 11 is 3.28. The van der Waals surface area contributed by atoms with Crippen LogP contribution in [0.1, 0.15) is 25.3 Å². The molecule has 0 radical (unpaired) electrons. The highest BCUT2D eigenvalue weighted by Crippen LogP contribution is 2.57. The Labute approximate surface area is 90.8 Å². The fourth-order valence-corrected chi connectivity index (χ4v) is 2.28. The van der Waals surface area contributed by atoms with Gasteiger partial charge in [0.2, 0.25) is 5.95 Å². The Balaban J connectivity index is 2.39. The smallest absolute Gasteiger partial charge is 0.216 e. The van der Waals surface area contributed by atoms with Crippen molar-refractivity contribution in [1.29, 1.82) is 0 Å². The second-order valence-electron chi connectivity index (χ2n) is 4.36. The summed E-state index contributed by atoms with van der Waals surface area (Å²) in [7, 11) is 0. The number of hydrogen-bond donors (Lipinski definition) is 1. The van der Waals surface area contributed by atoms with E-state index in [4.69, 9.17) is 5.73 Å². The molecular weight excluding hydrogens is 247 g/mol. The van der Waals surface area contributed by atoms with Gasteiger partial charge in [0.25, 0.3) is 0 Å². The van der Waals surface area contributed by atoms with Crippen molar-refractivity contribution in [3.05, 3.63) is 28.2 Å². The minimum atomic E-state index is -0.403. The monoisotopic (exact) mass is 258 g/mol. The molecule has 1 aliphatic carbocycles. The molecule has 76 valence electrons. The van der Waals surface area contributed by atoms with E-state index in [9.17, 15) is 4.39 Å². The summed E-state index contributed by atoms with van der Waals surface area (Å²) in [5.74, 6) is -0.313. The lowest BCUT2D eigenvalue weighted by Gasteiger charge is -2.03. The summed E-state index contributed by atoms with van der Waals surface area (Å²) in [6.07, 6.45) is 1.46. The molecule has 1 aromatic rings. The lowest BCUT2D eigenvalue weighted by molar-refractivity contribution is 0.545. The minimum Gasteiger partial charge on any atom is -0.327 e. The van der Waals surface area contributed by atoms with Crippen LogP contribution in [0.2, 0.25) is 0 Å². The van der Waals surface area contributed by atoms with Crippen molar-refractivity contribution in [1.82, 2.24) is 4.98 Å². The van der Waals surface area contributed by atoms with Crippen LogP contribution in [0.15, 0.2) is 16.7 Å². The number of halogens is 2. The largest absolute Gasteiger partial charge is 0.327 e. The molecule has 1 fully saturated rings. The molecular formula is C10H12BrFN2. The van der Waals surface area contributed by atoms with Crippen molar-refractivity contribution in [2.24, 2.45) is 11.1 Å². The fourth-order valence-electron chi connectivity index (χ4n) is 1.93. The van der Waals surface area contributed by atoms with Gasteiger partial charge in [0.1, 0.15) is 0 Å². The quantitative estimate of drug-likeness (QED) is 0.787. The Morgan fingerprint density at radius 1 is 1.57 bits per heavy atom. The predicted octanol–water partition coefficient (Wildman–Crippen LogP) is 2.43. The van der Waals surface area contributed by atoms with Gasteiger partial charge in [-0.2, -0.15) is 4.39 Å². The zero-order valence-corrected chi connectivity index (χ0v) is 9.68. The van der Waals surface area contributed by atoms with E-state index in [1.54, 1.807) is 6.07 Å². The van der Waals surface area contributed by atoms with Gasteiger partial charge in [-0.15, -0.1) is 0 Å². The summed E-state index contributed by atoms with van der Waals surface area (Å²) in [6.45, 7) is 4.09. The maximum Gasteiger partial charge on any atom is 0.216 e. The third-order valence-corrected chi connectivity index (χ3v) is 3.51. The summed E-state index contributed by atoms with van der Waals surface area (Å²) < 4.78 is 14.2. The summed E-state index contributed by atoms with van der Waals surface area (Å²) in [5.41, 5.74) is 6.50. The topological polar surface area (TPSA) is 38.9 Å². The van der Waals surface area contributed by atoms with E-state index in [-0.39, 0.29) is 17.4 Å². The van der Waals surface area contributed by atoms with E-state index in [0.717, 1.165) is 4.47 Å². The summed E-state index contributed by atoms with van der Waals surface area (Å²) in [6, 6.07) is 1.80. The number of nitrogens with two attached hydrogens (primary N) is 1. The highest BCUT2D eigenvalue weighted by Gasteiger charge is 2.57. The zero-order valence-electron chi connectivity index (χ0n) is 8.09. The van der Waals surface area contributed by atoms with Crippen LogP contribution in [0.4, 0.5) is 4.39 Å². The molecule has 0 saturated heterocycles. The Bertz CT molecular complexity index is 378. The van der Waals surface area contributed by atoms with E-state index < -0.39 is 5.95 Å². The first-order valence-electron chi connectivity index (χ1n) is 4.51. The molecule has 0 aromatic carbocycles. The SMILES string of the molecule is CC1(C)C(N)C1c1cc(Br)cnc1F. The number of pyridine rings is 1. The number of hydrogen-bond acceptors (Lipinski definition) is 2. The van der Waals surface area contributed by atoms with Gasteiger partial charge in [-0.05, 0) is 27.4 Å². The van der Waals surface area contributed by atoms with Crippen LogP contribution < -0.4 is 5.73 Å². The average Bonchev–Trinajstić information content (AvgIpc) is 2.58. The minimum absolute atomic E-state index is 0.0106. The van der Waals surface area contributed by atoms with Gasteiger partial charge in [-0.25, -0.2) is 4.98 Å². The molecule has 0 bridgehead atoms. The van der Waals surface area contributed by atoms with Gasteiger partial charge >= 0.3 is 0 Å². The van der Waals surface area contributed by atoms with Crippen molar-refractivity contribution in [2.45, 2.75) is 25.8 Å². The fraction of sp³-hybridized carbons (Fsp3) is 0.500. The van der Waals surface area contributed by atoms with Gasteiger partial charge in [0.05, 0.1) is 0 Å². The van der Waals surface area contributed by atoms with E-state index >= 15 is 0 Å². The molecule has 1 saturated carbocycles. The Morgan fingerprint density at radius 2 is 2.14 bits per heavy atom. The molecule has 1 aromatic heterocycles. The van der Waals surface area contributed by atoms with Crippen LogP contribution in [0, 0.1) is 11.4 Å². The Hall–Kier alpha value is -0.480. The summed E-state index contributed by atoms with van der Waals surface area (Å²) in [4.78, 5) is 3.67. The first-order valence-corrected chi connectivity index (χ1v) is 5.30. The lowest BCUT2D eigenvalue weighted by Crippen LogP contribution is -2.06. The van der Waals surface area contributed by atoms with Crippen LogP contribution in [-0.2, 0) is 0 Å². The second-order valence-corrected chi connectivity index (χ2v) is 5.27. The van der Waals surface area contributed by atoms with E-state index in [0.29, 0.717) is 5.56 Å². The number of rotatable bonds is 1. The van der Waals surface area contributed by atoms with Crippen molar-refractivity contribution in [2.75, 3.05) is 0 Å². The molecule has 2 N–H and O–H groups in total. The predicted molar refractivity (Wildman–Crippen MR) is 56.4 cm³/mol. The van der Waals surface area contributed by atoms with Crippen molar-refractivity contribution < 1.29 is 4.39 Å². The van der Waals surface area contributed by atoms with Gasteiger partial charge in [0.15, 0.2) is 0 Å². The molecule has 0 aliphatic heterocycles. The van der Waals surface area contributed by atoms with Crippen molar-refractivity contribution in [3.63, 3.8) is 0 Å². The first-order chi connectivity index (χ1) is 6.44. The van der Waals surface area contributed by atoms with Gasteiger partial charge in [-0.3, -0.25) is 0 Å². The van der Waals surface area contributed by atoms with Crippen LogP contribution in [0.3, 0.4) is 0 Å². The molecule has 2 unspecified atom stereocenters. The molecule has 14 heavy (non-hydrogen) atoms. The molecule has 4 heteroatoms. The maximum atomic E-state index is 13.4. The molecule has 0 amide bonds.